The number of carbonyl (C=O) groups is 1. The van der Waals surface area contributed by atoms with E-state index in [-0.39, 0.29) is 21.6 Å². The van der Waals surface area contributed by atoms with Gasteiger partial charge in [0.2, 0.25) is 5.88 Å². The lowest BCUT2D eigenvalue weighted by Gasteiger charge is -2.04. The Hall–Kier alpha value is -2.22. The van der Waals surface area contributed by atoms with Crippen molar-refractivity contribution in [1.29, 1.82) is 0 Å². The van der Waals surface area contributed by atoms with Crippen LogP contribution < -0.4 is 5.32 Å². The molecule has 0 aliphatic heterocycles. The highest BCUT2D eigenvalue weighted by atomic mass is 79.9. The number of carbonyl (C=O) groups excluding carboxylic acids is 1. The second-order valence-electron chi connectivity index (χ2n) is 3.68. The molecule has 7 nitrogen and oxygen atoms in total. The fourth-order valence-electron chi connectivity index (χ4n) is 1.44. The summed E-state index contributed by atoms with van der Waals surface area (Å²) in [6, 6.07) is 5.75. The molecule has 1 amide bonds. The fraction of sp³-hybridized carbons (Fsp3) is 0.0909. The number of aromatic nitrogens is 1. The quantitative estimate of drug-likeness (QED) is 0.691. The molecule has 98 valence electrons. The Morgan fingerprint density at radius 3 is 2.84 bits per heavy atom. The number of amides is 1. The molecule has 19 heavy (non-hydrogen) atoms. The molecule has 2 rings (SSSR count). The van der Waals surface area contributed by atoms with Gasteiger partial charge in [0.05, 0.1) is 16.2 Å². The van der Waals surface area contributed by atoms with Crippen molar-refractivity contribution >= 4 is 33.4 Å². The number of anilines is 1. The Kier molecular flexibility index (Phi) is 3.61. The lowest BCUT2D eigenvalue weighted by molar-refractivity contribution is -0.385. The summed E-state index contributed by atoms with van der Waals surface area (Å²) in [6.07, 6.45) is 0. The van der Waals surface area contributed by atoms with Gasteiger partial charge in [-0.25, -0.2) is 0 Å². The maximum Gasteiger partial charge on any atom is 0.284 e. The van der Waals surface area contributed by atoms with Gasteiger partial charge in [0.25, 0.3) is 11.6 Å². The molecule has 1 heterocycles. The lowest BCUT2D eigenvalue weighted by Crippen LogP contribution is -2.12. The number of nitrogens with one attached hydrogen (secondary N) is 1. The number of nitro benzene ring substituents is 1. The van der Waals surface area contributed by atoms with Gasteiger partial charge < -0.3 is 4.52 Å². The average molecular weight is 326 g/mol. The van der Waals surface area contributed by atoms with E-state index in [0.29, 0.717) is 5.69 Å². The SMILES string of the molecule is Cc1cc(NC(=O)c2cccc([N+](=O)[O-])c2Br)on1. The van der Waals surface area contributed by atoms with E-state index in [0.717, 1.165) is 0 Å². The van der Waals surface area contributed by atoms with E-state index in [4.69, 9.17) is 4.52 Å². The van der Waals surface area contributed by atoms with Gasteiger partial charge in [-0.15, -0.1) is 0 Å². The first-order valence-electron chi connectivity index (χ1n) is 5.16. The van der Waals surface area contributed by atoms with Crippen LogP contribution in [0.4, 0.5) is 11.6 Å². The maximum atomic E-state index is 12.0. The van der Waals surface area contributed by atoms with Crippen LogP contribution in [0, 0.1) is 17.0 Å². The van der Waals surface area contributed by atoms with Crippen LogP contribution >= 0.6 is 15.9 Å². The molecule has 2 aromatic rings. The molecule has 0 fully saturated rings. The topological polar surface area (TPSA) is 98.3 Å². The molecule has 0 saturated heterocycles. The Morgan fingerprint density at radius 2 is 2.26 bits per heavy atom. The van der Waals surface area contributed by atoms with Crippen molar-refractivity contribution < 1.29 is 14.2 Å². The summed E-state index contributed by atoms with van der Waals surface area (Å²) in [5, 5.41) is 16.9. The van der Waals surface area contributed by atoms with E-state index in [1.807, 2.05) is 0 Å². The zero-order valence-electron chi connectivity index (χ0n) is 9.71. The van der Waals surface area contributed by atoms with E-state index in [2.05, 4.69) is 26.4 Å². The second-order valence-corrected chi connectivity index (χ2v) is 4.48. The summed E-state index contributed by atoms with van der Waals surface area (Å²) in [5.74, 6) is -0.340. The van der Waals surface area contributed by atoms with Gasteiger partial charge in [-0.3, -0.25) is 20.2 Å². The number of hydrogen-bond acceptors (Lipinski definition) is 5. The minimum absolute atomic E-state index is 0.119. The minimum atomic E-state index is -0.570. The Bertz CT molecular complexity index is 653. The largest absolute Gasteiger partial charge is 0.338 e. The molecular weight excluding hydrogens is 318 g/mol. The van der Waals surface area contributed by atoms with Crippen LogP contribution in [-0.4, -0.2) is 16.0 Å². The molecule has 1 N–H and O–H groups in total. The maximum absolute atomic E-state index is 12.0. The Balaban J connectivity index is 2.29. The third-order valence-electron chi connectivity index (χ3n) is 2.28. The smallest absolute Gasteiger partial charge is 0.284 e. The normalized spacial score (nSPS) is 10.2. The standard InChI is InChI=1S/C11H8BrN3O4/c1-6-5-9(19-14-6)13-11(16)7-3-2-4-8(10(7)12)15(17)18/h2-5H,1H3,(H,13,16). The molecule has 0 atom stereocenters. The molecule has 0 unspecified atom stereocenters. The van der Waals surface area contributed by atoms with Crippen LogP contribution in [0.15, 0.2) is 33.3 Å². The van der Waals surface area contributed by atoms with Crippen molar-refractivity contribution in [2.45, 2.75) is 6.92 Å². The van der Waals surface area contributed by atoms with Gasteiger partial charge in [0.1, 0.15) is 4.47 Å². The number of rotatable bonds is 3. The molecule has 0 spiro atoms. The van der Waals surface area contributed by atoms with E-state index >= 15 is 0 Å². The predicted molar refractivity (Wildman–Crippen MR) is 70.0 cm³/mol. The molecule has 1 aromatic heterocycles. The molecule has 0 aliphatic carbocycles. The highest BCUT2D eigenvalue weighted by Crippen LogP contribution is 2.28. The summed E-state index contributed by atoms with van der Waals surface area (Å²) in [5.41, 5.74) is 0.582. The predicted octanol–water partition coefficient (Wildman–Crippen LogP) is 2.91. The molecule has 1 aromatic carbocycles. The summed E-state index contributed by atoms with van der Waals surface area (Å²) in [6.45, 7) is 1.71. The average Bonchev–Trinajstić information content (AvgIpc) is 2.74. The van der Waals surface area contributed by atoms with Crippen molar-refractivity contribution in [3.8, 4) is 0 Å². The molecular formula is C11H8BrN3O4. The minimum Gasteiger partial charge on any atom is -0.338 e. The summed E-state index contributed by atoms with van der Waals surface area (Å²) in [4.78, 5) is 22.2. The van der Waals surface area contributed by atoms with Crippen LogP contribution in [0.1, 0.15) is 16.1 Å². The van der Waals surface area contributed by atoms with Gasteiger partial charge >= 0.3 is 0 Å². The van der Waals surface area contributed by atoms with Crippen LogP contribution in [0.25, 0.3) is 0 Å². The van der Waals surface area contributed by atoms with Crippen molar-refractivity contribution in [3.63, 3.8) is 0 Å². The number of benzene rings is 1. The van der Waals surface area contributed by atoms with Gasteiger partial charge in [-0.05, 0) is 28.9 Å². The van der Waals surface area contributed by atoms with Crippen LogP contribution in [0.5, 0.6) is 0 Å². The number of aryl methyl sites for hydroxylation is 1. The Morgan fingerprint density at radius 1 is 1.53 bits per heavy atom. The summed E-state index contributed by atoms with van der Waals surface area (Å²) >= 11 is 3.05. The monoisotopic (exact) mass is 325 g/mol. The highest BCUT2D eigenvalue weighted by Gasteiger charge is 2.20. The summed E-state index contributed by atoms with van der Waals surface area (Å²) < 4.78 is 4.96. The van der Waals surface area contributed by atoms with E-state index in [1.54, 1.807) is 13.0 Å². The van der Waals surface area contributed by atoms with Gasteiger partial charge in [-0.2, -0.15) is 0 Å². The first-order valence-corrected chi connectivity index (χ1v) is 5.96. The van der Waals surface area contributed by atoms with Crippen molar-refractivity contribution in [3.05, 3.63) is 50.1 Å². The van der Waals surface area contributed by atoms with E-state index in [9.17, 15) is 14.9 Å². The molecule has 0 saturated carbocycles. The highest BCUT2D eigenvalue weighted by molar-refractivity contribution is 9.10. The van der Waals surface area contributed by atoms with Gasteiger partial charge in [0.15, 0.2) is 0 Å². The zero-order chi connectivity index (χ0) is 14.0. The third-order valence-corrected chi connectivity index (χ3v) is 3.12. The Labute approximate surface area is 115 Å². The van der Waals surface area contributed by atoms with E-state index in [1.165, 1.54) is 18.2 Å². The molecule has 0 aliphatic rings. The number of halogens is 1. The van der Waals surface area contributed by atoms with E-state index < -0.39 is 10.8 Å². The molecule has 8 heteroatoms. The van der Waals surface area contributed by atoms with Gasteiger partial charge in [-0.1, -0.05) is 11.2 Å². The lowest BCUT2D eigenvalue weighted by atomic mass is 10.2. The molecule has 0 bridgehead atoms. The number of nitro groups is 1. The fourth-order valence-corrected chi connectivity index (χ4v) is 2.03. The number of hydrogen-bond donors (Lipinski definition) is 1. The van der Waals surface area contributed by atoms with Crippen LogP contribution in [0.2, 0.25) is 0 Å². The zero-order valence-corrected chi connectivity index (χ0v) is 11.3. The summed E-state index contributed by atoms with van der Waals surface area (Å²) in [7, 11) is 0. The third kappa shape index (κ3) is 2.79. The van der Waals surface area contributed by atoms with Crippen LogP contribution in [0.3, 0.4) is 0 Å². The van der Waals surface area contributed by atoms with Gasteiger partial charge in [0, 0.05) is 12.1 Å². The van der Waals surface area contributed by atoms with Crippen LogP contribution in [-0.2, 0) is 0 Å². The van der Waals surface area contributed by atoms with Crippen molar-refractivity contribution in [1.82, 2.24) is 5.16 Å². The second kappa shape index (κ2) is 5.19. The van der Waals surface area contributed by atoms with Crippen molar-refractivity contribution in [2.24, 2.45) is 0 Å². The first-order chi connectivity index (χ1) is 8.99. The first kappa shape index (κ1) is 13.2. The van der Waals surface area contributed by atoms with Crippen molar-refractivity contribution in [2.75, 3.05) is 5.32 Å². The molecule has 0 radical (unpaired) electrons. The number of nitrogens with zero attached hydrogens (tertiary/aromatic N) is 2.